The van der Waals surface area contributed by atoms with Gasteiger partial charge in [0.15, 0.2) is 6.61 Å². The Morgan fingerprint density at radius 1 is 1.21 bits per heavy atom. The first-order valence-electron chi connectivity index (χ1n) is 9.96. The van der Waals surface area contributed by atoms with Gasteiger partial charge in [0.2, 0.25) is 4.96 Å². The molecule has 0 aliphatic carbocycles. The number of hydrogen-bond donors (Lipinski definition) is 1. The minimum atomic E-state index is -0.437. The maximum absolute atomic E-state index is 12.4. The number of methoxy groups -OCH3 is 1. The number of nitrogens with zero attached hydrogens (tertiary/aromatic N) is 3. The van der Waals surface area contributed by atoms with Gasteiger partial charge in [0.1, 0.15) is 17.1 Å². The van der Waals surface area contributed by atoms with Gasteiger partial charge in [0.05, 0.1) is 12.8 Å². The molecular formula is C23H18N4O5S. The number of fused-ring (bicyclic) bond motifs is 2. The molecule has 166 valence electrons. The van der Waals surface area contributed by atoms with Crippen molar-refractivity contribution in [3.05, 3.63) is 69.9 Å². The van der Waals surface area contributed by atoms with E-state index in [0.29, 0.717) is 22.0 Å². The number of carbonyl (C=O) groups excluding carboxylic acids is 1. The predicted octanol–water partition coefficient (Wildman–Crippen LogP) is 3.90. The van der Waals surface area contributed by atoms with Crippen LogP contribution in [0.1, 0.15) is 5.56 Å². The van der Waals surface area contributed by atoms with E-state index >= 15 is 0 Å². The van der Waals surface area contributed by atoms with E-state index in [0.717, 1.165) is 22.2 Å². The zero-order valence-corrected chi connectivity index (χ0v) is 18.5. The van der Waals surface area contributed by atoms with Gasteiger partial charge >= 0.3 is 5.63 Å². The molecule has 0 radical (unpaired) electrons. The quantitative estimate of drug-likeness (QED) is 0.381. The van der Waals surface area contributed by atoms with E-state index in [4.69, 9.17) is 13.9 Å². The van der Waals surface area contributed by atoms with Crippen LogP contribution in [-0.4, -0.2) is 34.2 Å². The fourth-order valence-electron chi connectivity index (χ4n) is 3.48. The minimum absolute atomic E-state index is 0.173. The highest BCUT2D eigenvalue weighted by Gasteiger charge is 2.16. The van der Waals surface area contributed by atoms with Crippen LogP contribution in [-0.2, 0) is 4.79 Å². The number of nitrogens with one attached hydrogen (secondary N) is 1. The zero-order chi connectivity index (χ0) is 22.9. The van der Waals surface area contributed by atoms with Crippen molar-refractivity contribution in [1.29, 1.82) is 0 Å². The summed E-state index contributed by atoms with van der Waals surface area (Å²) in [6.45, 7) is 1.57. The first-order chi connectivity index (χ1) is 16.0. The van der Waals surface area contributed by atoms with Crippen LogP contribution in [0.2, 0.25) is 0 Å². The fraction of sp³-hybridized carbons (Fsp3) is 0.130. The summed E-state index contributed by atoms with van der Waals surface area (Å²) in [4.78, 5) is 29.0. The number of rotatable bonds is 6. The topological polar surface area (TPSA) is 108 Å². The Hall–Kier alpha value is -4.18. The molecule has 1 N–H and O–H groups in total. The van der Waals surface area contributed by atoms with Crippen LogP contribution in [0.4, 0.5) is 5.95 Å². The normalized spacial score (nSPS) is 11.1. The lowest BCUT2D eigenvalue weighted by Gasteiger charge is -2.07. The molecule has 0 unspecified atom stereocenters. The van der Waals surface area contributed by atoms with E-state index in [9.17, 15) is 9.59 Å². The summed E-state index contributed by atoms with van der Waals surface area (Å²) in [5.41, 5.74) is 2.45. The van der Waals surface area contributed by atoms with Crippen LogP contribution in [0.5, 0.6) is 11.5 Å². The molecule has 9 nitrogen and oxygen atoms in total. The summed E-state index contributed by atoms with van der Waals surface area (Å²) >= 11 is 1.40. The molecule has 0 saturated heterocycles. The number of aromatic nitrogens is 3. The molecule has 3 heterocycles. The summed E-state index contributed by atoms with van der Waals surface area (Å²) in [7, 11) is 1.61. The molecule has 10 heteroatoms. The molecule has 5 aromatic rings. The van der Waals surface area contributed by atoms with E-state index in [2.05, 4.69) is 15.4 Å². The highest BCUT2D eigenvalue weighted by Crippen LogP contribution is 2.32. The summed E-state index contributed by atoms with van der Waals surface area (Å²) < 4.78 is 17.9. The second-order valence-electron chi connectivity index (χ2n) is 7.19. The monoisotopic (exact) mass is 462 g/mol. The molecule has 0 saturated carbocycles. The van der Waals surface area contributed by atoms with Crippen molar-refractivity contribution in [2.45, 2.75) is 6.92 Å². The molecule has 0 fully saturated rings. The largest absolute Gasteiger partial charge is 0.496 e. The minimum Gasteiger partial charge on any atom is -0.496 e. The number of aryl methyl sites for hydroxylation is 1. The first kappa shape index (κ1) is 20.7. The van der Waals surface area contributed by atoms with Crippen molar-refractivity contribution >= 4 is 39.1 Å². The molecule has 1 amide bonds. The number of ether oxygens (including phenoxy) is 2. The molecule has 33 heavy (non-hydrogen) atoms. The summed E-state index contributed by atoms with van der Waals surface area (Å²) in [6.07, 6.45) is 0. The number of carbonyl (C=O) groups is 1. The van der Waals surface area contributed by atoms with E-state index in [1.165, 1.54) is 17.4 Å². The Kier molecular flexibility index (Phi) is 5.27. The molecular weight excluding hydrogens is 444 g/mol. The van der Waals surface area contributed by atoms with Crippen molar-refractivity contribution < 1.29 is 18.7 Å². The number of amides is 1. The van der Waals surface area contributed by atoms with Gasteiger partial charge in [-0.1, -0.05) is 12.1 Å². The number of hydrogen-bond acceptors (Lipinski definition) is 8. The number of para-hydroxylation sites is 1. The van der Waals surface area contributed by atoms with Crippen LogP contribution < -0.4 is 20.4 Å². The van der Waals surface area contributed by atoms with Gasteiger partial charge < -0.3 is 13.9 Å². The second kappa shape index (κ2) is 8.40. The number of thiazole rings is 1. The maximum Gasteiger partial charge on any atom is 0.336 e. The van der Waals surface area contributed by atoms with E-state index in [1.54, 1.807) is 29.8 Å². The van der Waals surface area contributed by atoms with Crippen molar-refractivity contribution in [2.24, 2.45) is 0 Å². The average Bonchev–Trinajstić information content (AvgIpc) is 3.37. The third-order valence-electron chi connectivity index (χ3n) is 5.01. The van der Waals surface area contributed by atoms with E-state index < -0.39 is 11.5 Å². The average molecular weight is 462 g/mol. The molecule has 3 aromatic heterocycles. The van der Waals surface area contributed by atoms with Crippen molar-refractivity contribution in [1.82, 2.24) is 14.6 Å². The van der Waals surface area contributed by atoms with Crippen LogP contribution in [0.3, 0.4) is 0 Å². The van der Waals surface area contributed by atoms with Crippen molar-refractivity contribution in [3.8, 4) is 22.8 Å². The van der Waals surface area contributed by atoms with Crippen LogP contribution in [0, 0.1) is 6.92 Å². The molecule has 0 bridgehead atoms. The van der Waals surface area contributed by atoms with Crippen LogP contribution >= 0.6 is 11.3 Å². The number of anilines is 1. The molecule has 0 atom stereocenters. The highest BCUT2D eigenvalue weighted by atomic mass is 32.1. The van der Waals surface area contributed by atoms with Gasteiger partial charge in [-0.2, -0.15) is 4.98 Å². The van der Waals surface area contributed by atoms with Gasteiger partial charge in [-0.3, -0.25) is 10.1 Å². The third-order valence-corrected chi connectivity index (χ3v) is 5.82. The Labute approximate surface area is 191 Å². The SMILES string of the molecule is COc1ccccc1-c1csc2nc(NC(=O)COc3ccc4c(C)cc(=O)oc4c3)nn12. The van der Waals surface area contributed by atoms with E-state index in [-0.39, 0.29) is 12.6 Å². The number of benzene rings is 2. The first-order valence-corrected chi connectivity index (χ1v) is 10.8. The van der Waals surface area contributed by atoms with Gasteiger partial charge in [0, 0.05) is 28.5 Å². The van der Waals surface area contributed by atoms with Crippen LogP contribution in [0.15, 0.2) is 63.1 Å². The molecule has 0 aliphatic heterocycles. The van der Waals surface area contributed by atoms with Gasteiger partial charge in [-0.05, 0) is 36.8 Å². The lowest BCUT2D eigenvalue weighted by Crippen LogP contribution is -2.21. The highest BCUT2D eigenvalue weighted by molar-refractivity contribution is 7.15. The van der Waals surface area contributed by atoms with Gasteiger partial charge in [-0.25, -0.2) is 9.31 Å². The summed E-state index contributed by atoms with van der Waals surface area (Å²) in [6, 6.07) is 14.1. The lowest BCUT2D eigenvalue weighted by molar-refractivity contribution is -0.118. The second-order valence-corrected chi connectivity index (χ2v) is 8.03. The van der Waals surface area contributed by atoms with Crippen molar-refractivity contribution in [2.75, 3.05) is 19.0 Å². The molecule has 5 rings (SSSR count). The fourth-order valence-corrected chi connectivity index (χ4v) is 4.30. The van der Waals surface area contributed by atoms with Gasteiger partial charge in [-0.15, -0.1) is 16.4 Å². The standard InChI is InChI=1S/C23H18N4O5S/c1-13-9-21(29)32-19-10-14(7-8-15(13)19)31-11-20(28)24-22-25-23-27(26-22)17(12-33-23)16-5-3-4-6-18(16)30-2/h3-10,12H,11H2,1-2H3,(H,24,26,28). The third kappa shape index (κ3) is 4.03. The van der Waals surface area contributed by atoms with E-state index in [1.807, 2.05) is 36.6 Å². The smallest absolute Gasteiger partial charge is 0.336 e. The zero-order valence-electron chi connectivity index (χ0n) is 17.7. The Morgan fingerprint density at radius 3 is 2.91 bits per heavy atom. The summed E-state index contributed by atoms with van der Waals surface area (Å²) in [5, 5.41) is 9.79. The Balaban J connectivity index is 1.30. The molecule has 2 aromatic carbocycles. The summed E-state index contributed by atoms with van der Waals surface area (Å²) in [5.74, 6) is 0.876. The molecule has 0 aliphatic rings. The maximum atomic E-state index is 12.4. The van der Waals surface area contributed by atoms with Crippen molar-refractivity contribution in [3.63, 3.8) is 0 Å². The Morgan fingerprint density at radius 2 is 2.06 bits per heavy atom. The predicted molar refractivity (Wildman–Crippen MR) is 124 cm³/mol. The molecule has 0 spiro atoms. The Bertz CT molecular complexity index is 1550. The lowest BCUT2D eigenvalue weighted by atomic mass is 10.1. The van der Waals surface area contributed by atoms with Crippen LogP contribution in [0.25, 0.3) is 27.2 Å². The van der Waals surface area contributed by atoms with Gasteiger partial charge in [0.25, 0.3) is 11.9 Å².